The molecule has 0 fully saturated rings. The Morgan fingerprint density at radius 2 is 1.80 bits per heavy atom. The SMILES string of the molecule is Cc1cc(OCc2ccc(C(=O)NNC(=O)CCc3nc4ccccc4c(=O)[nH]3)cc2)ccc1Cl. The number of ether oxygens (including phenoxy) is 1. The molecule has 4 rings (SSSR count). The Balaban J connectivity index is 1.24. The lowest BCUT2D eigenvalue weighted by atomic mass is 10.1. The second-order valence-corrected chi connectivity index (χ2v) is 8.34. The Morgan fingerprint density at radius 1 is 1.03 bits per heavy atom. The van der Waals surface area contributed by atoms with Gasteiger partial charge < -0.3 is 9.72 Å². The normalized spacial score (nSPS) is 10.7. The molecule has 0 unspecified atom stereocenters. The molecule has 0 radical (unpaired) electrons. The third kappa shape index (κ3) is 6.24. The lowest BCUT2D eigenvalue weighted by Crippen LogP contribution is -2.41. The van der Waals surface area contributed by atoms with E-state index in [-0.39, 0.29) is 18.4 Å². The maximum absolute atomic E-state index is 12.3. The van der Waals surface area contributed by atoms with Gasteiger partial charge in [-0.3, -0.25) is 25.2 Å². The number of halogens is 1. The van der Waals surface area contributed by atoms with Crippen molar-refractivity contribution >= 4 is 34.3 Å². The number of para-hydroxylation sites is 1. The molecule has 35 heavy (non-hydrogen) atoms. The van der Waals surface area contributed by atoms with Gasteiger partial charge in [-0.05, 0) is 60.5 Å². The second-order valence-electron chi connectivity index (χ2n) is 7.93. The molecule has 1 aromatic heterocycles. The summed E-state index contributed by atoms with van der Waals surface area (Å²) >= 11 is 6.03. The fourth-order valence-corrected chi connectivity index (χ4v) is 3.49. The predicted octanol–water partition coefficient (Wildman–Crippen LogP) is 3.86. The van der Waals surface area contributed by atoms with Crippen LogP contribution in [-0.4, -0.2) is 21.8 Å². The highest BCUT2D eigenvalue weighted by Gasteiger charge is 2.10. The number of rotatable bonds is 7. The molecule has 178 valence electrons. The summed E-state index contributed by atoms with van der Waals surface area (Å²) in [6, 6.07) is 19.3. The van der Waals surface area contributed by atoms with Gasteiger partial charge in [0.15, 0.2) is 0 Å². The van der Waals surface area contributed by atoms with E-state index in [9.17, 15) is 14.4 Å². The number of H-pyrrole nitrogens is 1. The van der Waals surface area contributed by atoms with Gasteiger partial charge in [0.1, 0.15) is 18.2 Å². The van der Waals surface area contributed by atoms with Gasteiger partial charge in [0.05, 0.1) is 10.9 Å². The van der Waals surface area contributed by atoms with Crippen LogP contribution in [-0.2, 0) is 17.8 Å². The predicted molar refractivity (Wildman–Crippen MR) is 133 cm³/mol. The molecule has 0 aliphatic rings. The Hall–Kier alpha value is -4.17. The lowest BCUT2D eigenvalue weighted by molar-refractivity contribution is -0.121. The topological polar surface area (TPSA) is 113 Å². The summed E-state index contributed by atoms with van der Waals surface area (Å²) in [5.74, 6) is 0.259. The third-order valence-corrected chi connectivity index (χ3v) is 5.74. The molecule has 0 atom stereocenters. The van der Waals surface area contributed by atoms with Crippen molar-refractivity contribution in [2.24, 2.45) is 0 Å². The second kappa shape index (κ2) is 10.8. The molecule has 3 N–H and O–H groups in total. The number of aromatic amines is 1. The quantitative estimate of drug-likeness (QED) is 0.340. The van der Waals surface area contributed by atoms with Crippen LogP contribution >= 0.6 is 11.6 Å². The van der Waals surface area contributed by atoms with Gasteiger partial charge in [-0.2, -0.15) is 0 Å². The highest BCUT2D eigenvalue weighted by atomic mass is 35.5. The van der Waals surface area contributed by atoms with Gasteiger partial charge >= 0.3 is 0 Å². The number of hydrogen-bond acceptors (Lipinski definition) is 5. The molecule has 3 aromatic carbocycles. The number of hydrazine groups is 1. The van der Waals surface area contributed by atoms with Crippen molar-refractivity contribution in [3.05, 3.63) is 105 Å². The number of hydrogen-bond donors (Lipinski definition) is 3. The number of benzene rings is 3. The van der Waals surface area contributed by atoms with Crippen molar-refractivity contribution in [3.8, 4) is 5.75 Å². The van der Waals surface area contributed by atoms with E-state index in [1.807, 2.05) is 13.0 Å². The number of carbonyl (C=O) groups excluding carboxylic acids is 2. The van der Waals surface area contributed by atoms with Crippen molar-refractivity contribution in [2.75, 3.05) is 0 Å². The Kier molecular flexibility index (Phi) is 7.42. The molecule has 1 heterocycles. The Bertz CT molecular complexity index is 1430. The van der Waals surface area contributed by atoms with Gasteiger partial charge in [0.25, 0.3) is 11.5 Å². The number of aromatic nitrogens is 2. The molecule has 0 saturated heterocycles. The average Bonchev–Trinajstić information content (AvgIpc) is 2.87. The minimum atomic E-state index is -0.448. The molecule has 0 spiro atoms. The summed E-state index contributed by atoms with van der Waals surface area (Å²) in [6.07, 6.45) is 0.269. The molecule has 0 saturated carbocycles. The summed E-state index contributed by atoms with van der Waals surface area (Å²) in [5.41, 5.74) is 7.28. The lowest BCUT2D eigenvalue weighted by Gasteiger charge is -2.10. The van der Waals surface area contributed by atoms with Gasteiger partial charge in [0.2, 0.25) is 5.91 Å². The van der Waals surface area contributed by atoms with Crippen LogP contribution in [0.4, 0.5) is 0 Å². The van der Waals surface area contributed by atoms with Crippen molar-refractivity contribution in [1.82, 2.24) is 20.8 Å². The molecule has 0 bridgehead atoms. The number of nitrogens with one attached hydrogen (secondary N) is 3. The number of amides is 2. The van der Waals surface area contributed by atoms with Crippen molar-refractivity contribution in [3.63, 3.8) is 0 Å². The number of aryl methyl sites for hydroxylation is 2. The van der Waals surface area contributed by atoms with Crippen molar-refractivity contribution in [2.45, 2.75) is 26.4 Å². The van der Waals surface area contributed by atoms with Gasteiger partial charge in [-0.15, -0.1) is 0 Å². The first-order valence-electron chi connectivity index (χ1n) is 10.9. The van der Waals surface area contributed by atoms with E-state index in [2.05, 4.69) is 20.8 Å². The molecule has 4 aromatic rings. The van der Waals surface area contributed by atoms with Crippen LogP contribution in [0.3, 0.4) is 0 Å². The Morgan fingerprint density at radius 3 is 2.57 bits per heavy atom. The first-order valence-corrected chi connectivity index (χ1v) is 11.3. The average molecular weight is 491 g/mol. The molecular weight excluding hydrogens is 468 g/mol. The molecule has 8 nitrogen and oxygen atoms in total. The van der Waals surface area contributed by atoms with Crippen LogP contribution < -0.4 is 21.1 Å². The highest BCUT2D eigenvalue weighted by molar-refractivity contribution is 6.31. The largest absolute Gasteiger partial charge is 0.489 e. The molecule has 9 heteroatoms. The molecule has 0 aliphatic heterocycles. The summed E-state index contributed by atoms with van der Waals surface area (Å²) in [4.78, 5) is 43.6. The van der Waals surface area contributed by atoms with Crippen LogP contribution in [0.2, 0.25) is 5.02 Å². The minimum Gasteiger partial charge on any atom is -0.489 e. The summed E-state index contributed by atoms with van der Waals surface area (Å²) in [7, 11) is 0. The molecule has 2 amide bonds. The van der Waals surface area contributed by atoms with E-state index in [1.165, 1.54) is 0 Å². The Labute approximate surface area is 206 Å². The van der Waals surface area contributed by atoms with E-state index < -0.39 is 11.8 Å². The van der Waals surface area contributed by atoms with E-state index in [1.54, 1.807) is 60.7 Å². The maximum Gasteiger partial charge on any atom is 0.269 e. The first-order chi connectivity index (χ1) is 16.9. The van der Waals surface area contributed by atoms with E-state index in [4.69, 9.17) is 16.3 Å². The van der Waals surface area contributed by atoms with E-state index >= 15 is 0 Å². The van der Waals surface area contributed by atoms with E-state index in [0.717, 1.165) is 11.1 Å². The molecular formula is C26H23ClN4O4. The van der Waals surface area contributed by atoms with Crippen LogP contribution in [0.5, 0.6) is 5.75 Å². The smallest absolute Gasteiger partial charge is 0.269 e. The number of nitrogens with zero attached hydrogens (tertiary/aromatic N) is 1. The highest BCUT2D eigenvalue weighted by Crippen LogP contribution is 2.22. The van der Waals surface area contributed by atoms with Gasteiger partial charge in [0, 0.05) is 23.4 Å². The fourth-order valence-electron chi connectivity index (χ4n) is 3.37. The summed E-state index contributed by atoms with van der Waals surface area (Å²) in [5, 5.41) is 1.17. The monoisotopic (exact) mass is 490 g/mol. The van der Waals surface area contributed by atoms with E-state index in [0.29, 0.717) is 39.7 Å². The van der Waals surface area contributed by atoms with Crippen LogP contribution in [0.25, 0.3) is 10.9 Å². The van der Waals surface area contributed by atoms with Crippen molar-refractivity contribution < 1.29 is 14.3 Å². The van der Waals surface area contributed by atoms with Crippen LogP contribution in [0.15, 0.2) is 71.5 Å². The first kappa shape index (κ1) is 24.0. The third-order valence-electron chi connectivity index (χ3n) is 5.32. The number of carbonyl (C=O) groups is 2. The van der Waals surface area contributed by atoms with Crippen LogP contribution in [0.1, 0.15) is 33.7 Å². The number of fused-ring (bicyclic) bond motifs is 1. The maximum atomic E-state index is 12.3. The summed E-state index contributed by atoms with van der Waals surface area (Å²) in [6.45, 7) is 2.24. The zero-order chi connectivity index (χ0) is 24.8. The van der Waals surface area contributed by atoms with Gasteiger partial charge in [-0.25, -0.2) is 4.98 Å². The standard InChI is InChI=1S/C26H23ClN4O4/c1-16-14-19(10-11-21(16)27)35-15-17-6-8-18(9-7-17)25(33)31-30-24(32)13-12-23-28-22-5-3-2-4-20(22)26(34)29-23/h2-11,14H,12-13,15H2,1H3,(H,30,32)(H,31,33)(H,28,29,34). The fraction of sp³-hybridized carbons (Fsp3) is 0.154. The minimum absolute atomic E-state index is 0.0437. The zero-order valence-corrected chi connectivity index (χ0v) is 19.7. The van der Waals surface area contributed by atoms with Crippen LogP contribution in [0, 0.1) is 6.92 Å². The van der Waals surface area contributed by atoms with Gasteiger partial charge in [-0.1, -0.05) is 35.9 Å². The summed E-state index contributed by atoms with van der Waals surface area (Å²) < 4.78 is 5.76. The van der Waals surface area contributed by atoms with Crippen molar-refractivity contribution in [1.29, 1.82) is 0 Å². The molecule has 0 aliphatic carbocycles. The zero-order valence-electron chi connectivity index (χ0n) is 18.9.